The van der Waals surface area contributed by atoms with Gasteiger partial charge in [-0.2, -0.15) is 0 Å². The van der Waals surface area contributed by atoms with E-state index in [9.17, 15) is 0 Å². The predicted molar refractivity (Wildman–Crippen MR) is 149 cm³/mol. The van der Waals surface area contributed by atoms with Gasteiger partial charge in [0.05, 0.1) is 34.0 Å². The summed E-state index contributed by atoms with van der Waals surface area (Å²) in [6.07, 6.45) is 5.28. The number of hydrogen-bond donors (Lipinski definition) is 1. The maximum Gasteiger partial charge on any atom is 0.208 e. The maximum absolute atomic E-state index is 4.83. The number of nitrogens with zero attached hydrogens (tertiary/aromatic N) is 5. The molecule has 1 unspecified atom stereocenters. The summed E-state index contributed by atoms with van der Waals surface area (Å²) in [5, 5.41) is 8.38. The van der Waals surface area contributed by atoms with Gasteiger partial charge in [0, 0.05) is 33.4 Å². The van der Waals surface area contributed by atoms with Crippen LogP contribution in [0.5, 0.6) is 0 Å². The lowest BCUT2D eigenvalue weighted by Crippen LogP contribution is -2.43. The van der Waals surface area contributed by atoms with Crippen molar-refractivity contribution in [2.75, 3.05) is 0 Å². The van der Waals surface area contributed by atoms with Crippen LogP contribution in [0.1, 0.15) is 0 Å². The van der Waals surface area contributed by atoms with Crippen molar-refractivity contribution in [3.05, 3.63) is 103 Å². The molecule has 6 nitrogen and oxygen atoms in total. The number of aromatic nitrogens is 2. The van der Waals surface area contributed by atoms with Gasteiger partial charge in [0.1, 0.15) is 12.4 Å². The second-order valence-electron chi connectivity index (χ2n) is 9.07. The van der Waals surface area contributed by atoms with Crippen molar-refractivity contribution in [1.29, 1.82) is 0 Å². The van der Waals surface area contributed by atoms with E-state index < -0.39 is 0 Å². The Labute approximate surface area is 206 Å². The van der Waals surface area contributed by atoms with Crippen LogP contribution in [0.2, 0.25) is 0 Å². The molecule has 1 N–H and O–H groups in total. The Morgan fingerprint density at radius 1 is 0.667 bits per heavy atom. The van der Waals surface area contributed by atoms with Crippen LogP contribution in [0.4, 0.5) is 0 Å². The van der Waals surface area contributed by atoms with Crippen molar-refractivity contribution in [3.63, 3.8) is 0 Å². The highest BCUT2D eigenvalue weighted by Crippen LogP contribution is 2.40. The minimum absolute atomic E-state index is 0.108. The van der Waals surface area contributed by atoms with Gasteiger partial charge in [0.2, 0.25) is 5.96 Å². The molecule has 2 aliphatic heterocycles. The zero-order chi connectivity index (χ0) is 23.6. The summed E-state index contributed by atoms with van der Waals surface area (Å²) in [7, 11) is 0. The third-order valence-electron chi connectivity index (χ3n) is 7.13. The lowest BCUT2D eigenvalue weighted by molar-refractivity contribution is 0.816. The standard InChI is InChI=1S/C30H20N6/c1-2-8-19(9-3-1)35-26-13-7-5-11-22(26)28-27(35)15-14-21-20-10-4-6-12-25(20)36(29(21)28)30-32-17-23-24(34-30)16-31-18-33-23/h1-18,24H,(H,32,34). The molecule has 0 spiro atoms. The van der Waals surface area contributed by atoms with E-state index in [2.05, 4.69) is 115 Å². The highest BCUT2D eigenvalue weighted by atomic mass is 15.3. The second-order valence-corrected chi connectivity index (χ2v) is 9.07. The zero-order valence-corrected chi connectivity index (χ0v) is 19.2. The van der Waals surface area contributed by atoms with Gasteiger partial charge in [-0.25, -0.2) is 15.0 Å². The molecule has 2 aliphatic rings. The third kappa shape index (κ3) is 2.58. The van der Waals surface area contributed by atoms with Crippen LogP contribution in [0.25, 0.3) is 49.3 Å². The summed E-state index contributed by atoms with van der Waals surface area (Å²) >= 11 is 0. The Bertz CT molecular complexity index is 1970. The van der Waals surface area contributed by atoms with Crippen molar-refractivity contribution < 1.29 is 0 Å². The van der Waals surface area contributed by atoms with E-state index in [1.54, 1.807) is 6.34 Å². The predicted octanol–water partition coefficient (Wildman–Crippen LogP) is 6.02. The molecule has 4 heterocycles. The van der Waals surface area contributed by atoms with Gasteiger partial charge in [-0.3, -0.25) is 4.57 Å². The fourth-order valence-electron chi connectivity index (χ4n) is 5.62. The molecule has 36 heavy (non-hydrogen) atoms. The minimum Gasteiger partial charge on any atom is -0.342 e. The first-order valence-corrected chi connectivity index (χ1v) is 12.0. The van der Waals surface area contributed by atoms with E-state index >= 15 is 0 Å². The number of para-hydroxylation sites is 3. The molecule has 0 fully saturated rings. The molecule has 0 bridgehead atoms. The van der Waals surface area contributed by atoms with Crippen LogP contribution < -0.4 is 5.32 Å². The molecule has 0 amide bonds. The first-order chi connectivity index (χ1) is 17.9. The molecule has 1 atom stereocenters. The van der Waals surface area contributed by atoms with Gasteiger partial charge in [-0.05, 0) is 30.3 Å². The molecular formula is C30H20N6. The van der Waals surface area contributed by atoms with Gasteiger partial charge in [-0.15, -0.1) is 0 Å². The maximum atomic E-state index is 4.83. The van der Waals surface area contributed by atoms with Gasteiger partial charge in [0.25, 0.3) is 0 Å². The zero-order valence-electron chi connectivity index (χ0n) is 19.2. The number of fused-ring (bicyclic) bond motifs is 8. The van der Waals surface area contributed by atoms with Crippen molar-refractivity contribution in [3.8, 4) is 5.69 Å². The van der Waals surface area contributed by atoms with Crippen LogP contribution in [0, 0.1) is 0 Å². The molecule has 2 aromatic heterocycles. The fraction of sp³-hybridized carbons (Fsp3) is 0.0333. The number of rotatable bonds is 1. The van der Waals surface area contributed by atoms with Crippen LogP contribution in [0.3, 0.4) is 0 Å². The minimum atomic E-state index is -0.108. The Balaban J connectivity index is 1.55. The SMILES string of the molecule is C1=NC=NC2=CN=C(n3c4ccccc4c4ccc5c(c6ccccc6n5-c5ccccc5)c43)NC12. The smallest absolute Gasteiger partial charge is 0.208 e. The third-order valence-corrected chi connectivity index (χ3v) is 7.13. The van der Waals surface area contributed by atoms with Crippen molar-refractivity contribution in [2.45, 2.75) is 6.04 Å². The summed E-state index contributed by atoms with van der Waals surface area (Å²) in [6, 6.07) is 32.1. The van der Waals surface area contributed by atoms with E-state index in [0.29, 0.717) is 0 Å². The van der Waals surface area contributed by atoms with Crippen molar-refractivity contribution >= 4 is 62.1 Å². The average molecular weight is 465 g/mol. The van der Waals surface area contributed by atoms with Crippen LogP contribution in [-0.4, -0.2) is 33.7 Å². The van der Waals surface area contributed by atoms with E-state index in [1.807, 2.05) is 12.4 Å². The van der Waals surface area contributed by atoms with E-state index in [1.165, 1.54) is 27.1 Å². The van der Waals surface area contributed by atoms with Crippen LogP contribution >= 0.6 is 0 Å². The van der Waals surface area contributed by atoms with Crippen LogP contribution in [0.15, 0.2) is 118 Å². The number of benzene rings is 4. The highest BCUT2D eigenvalue weighted by molar-refractivity contribution is 6.28. The molecule has 4 aromatic carbocycles. The lowest BCUT2D eigenvalue weighted by atomic mass is 10.1. The van der Waals surface area contributed by atoms with Crippen molar-refractivity contribution in [2.24, 2.45) is 15.0 Å². The number of nitrogens with one attached hydrogen (secondary N) is 1. The summed E-state index contributed by atoms with van der Waals surface area (Å²) < 4.78 is 4.61. The average Bonchev–Trinajstić information content (AvgIpc) is 3.46. The Morgan fingerprint density at radius 2 is 1.42 bits per heavy atom. The highest BCUT2D eigenvalue weighted by Gasteiger charge is 2.25. The molecule has 6 heteroatoms. The largest absolute Gasteiger partial charge is 0.342 e. The monoisotopic (exact) mass is 464 g/mol. The van der Waals surface area contributed by atoms with Crippen molar-refractivity contribution in [1.82, 2.24) is 14.5 Å². The topological polar surface area (TPSA) is 59.0 Å². The molecule has 6 aromatic rings. The molecule has 0 saturated heterocycles. The molecule has 8 rings (SSSR count). The Morgan fingerprint density at radius 3 is 2.28 bits per heavy atom. The first-order valence-electron chi connectivity index (χ1n) is 12.0. The fourth-order valence-corrected chi connectivity index (χ4v) is 5.62. The van der Waals surface area contributed by atoms with Crippen LogP contribution in [-0.2, 0) is 0 Å². The molecular weight excluding hydrogens is 444 g/mol. The summed E-state index contributed by atoms with van der Waals surface area (Å²) in [5.74, 6) is 0.766. The second kappa shape index (κ2) is 7.26. The quantitative estimate of drug-likeness (QED) is 0.318. The van der Waals surface area contributed by atoms with E-state index in [-0.39, 0.29) is 6.04 Å². The summed E-state index contributed by atoms with van der Waals surface area (Å²) in [6.45, 7) is 0. The van der Waals surface area contributed by atoms with Gasteiger partial charge in [0.15, 0.2) is 0 Å². The van der Waals surface area contributed by atoms with Gasteiger partial charge < -0.3 is 9.88 Å². The Kier molecular flexibility index (Phi) is 3.90. The number of aliphatic imine (C=N–C) groups is 3. The number of hydrogen-bond acceptors (Lipinski definition) is 4. The van der Waals surface area contributed by atoms with E-state index in [0.717, 1.165) is 33.9 Å². The molecule has 0 saturated carbocycles. The normalized spacial score (nSPS) is 16.9. The first kappa shape index (κ1) is 19.3. The lowest BCUT2D eigenvalue weighted by Gasteiger charge is -2.23. The molecule has 0 aliphatic carbocycles. The van der Waals surface area contributed by atoms with Gasteiger partial charge in [-0.1, -0.05) is 60.7 Å². The Hall–Kier alpha value is -4.97. The molecule has 170 valence electrons. The van der Waals surface area contributed by atoms with Gasteiger partial charge >= 0.3 is 0 Å². The summed E-state index contributed by atoms with van der Waals surface area (Å²) in [4.78, 5) is 13.5. The van der Waals surface area contributed by atoms with E-state index in [4.69, 9.17) is 4.99 Å². The molecule has 0 radical (unpaired) electrons. The summed E-state index contributed by atoms with van der Waals surface area (Å²) in [5.41, 5.74) is 6.59.